The van der Waals surface area contributed by atoms with E-state index in [4.69, 9.17) is 27.6 Å². The minimum Gasteiger partial charge on any atom is -0.508 e. The molecule has 0 unspecified atom stereocenters. The normalized spacial score (nSPS) is 13.8. The number of phenolic OH excluding ortho intramolecular Hbond substituents is 8. The maximum absolute atomic E-state index is 12.9. The maximum atomic E-state index is 12.9. The monoisotopic (exact) mass is 1900 g/mol. The van der Waals surface area contributed by atoms with Crippen LogP contribution in [0.2, 0.25) is 0 Å². The van der Waals surface area contributed by atoms with E-state index in [0.717, 1.165) is 131 Å². The number of aromatic hydroxyl groups is 8. The van der Waals surface area contributed by atoms with Gasteiger partial charge in [-0.2, -0.15) is 0 Å². The molecule has 0 radical (unpaired) electrons. The second-order valence-corrected chi connectivity index (χ2v) is 36.5. The summed E-state index contributed by atoms with van der Waals surface area (Å²) in [6.45, 7) is 35.4. The number of aliphatic hydroxyl groups excluding tert-OH is 1. The lowest BCUT2D eigenvalue weighted by molar-refractivity contribution is 0.0939. The molecule has 4 amide bonds. The number of rotatable bonds is 31. The van der Waals surface area contributed by atoms with Crippen molar-refractivity contribution < 1.29 is 97.1 Å². The number of alkyl halides is 1. The van der Waals surface area contributed by atoms with Crippen LogP contribution in [0.25, 0.3) is 89.8 Å². The van der Waals surface area contributed by atoms with Crippen molar-refractivity contribution in [3.63, 3.8) is 0 Å². The average molecular weight is 1910 g/mol. The minimum atomic E-state index is -0.373. The van der Waals surface area contributed by atoms with E-state index in [2.05, 4.69) is 85.8 Å². The zero-order chi connectivity index (χ0) is 99.7. The molecule has 4 aliphatic heterocycles. The average Bonchev–Trinajstić information content (AvgIpc) is 1.67. The Balaban J connectivity index is 0.000000156. The van der Waals surface area contributed by atoms with Gasteiger partial charge >= 0.3 is 0 Å². The van der Waals surface area contributed by atoms with Crippen molar-refractivity contribution in [1.29, 1.82) is 0 Å². The molecule has 139 heavy (non-hydrogen) atoms. The van der Waals surface area contributed by atoms with Crippen LogP contribution in [0.4, 0.5) is 4.39 Å². The molecule has 12 aromatic rings. The second kappa shape index (κ2) is 46.8. The highest BCUT2D eigenvalue weighted by Gasteiger charge is 2.35. The van der Waals surface area contributed by atoms with Gasteiger partial charge in [-0.05, 0) is 197 Å². The molecular weight excluding hydrogens is 1780 g/mol. The highest BCUT2D eigenvalue weighted by Crippen LogP contribution is 2.50. The first-order valence-electron chi connectivity index (χ1n) is 47.7. The van der Waals surface area contributed by atoms with E-state index in [-0.39, 0.29) is 141 Å². The van der Waals surface area contributed by atoms with Gasteiger partial charge in [0, 0.05) is 150 Å². The van der Waals surface area contributed by atoms with E-state index in [1.165, 1.54) is 57.6 Å². The van der Waals surface area contributed by atoms with Gasteiger partial charge in [-0.3, -0.25) is 38.8 Å². The largest absolute Gasteiger partial charge is 0.508 e. The lowest BCUT2D eigenvalue weighted by atomic mass is 9.91. The Morgan fingerprint density at radius 3 is 0.835 bits per heavy atom. The number of carbonyl (C=O) groups excluding carboxylic acids is 4. The molecule has 0 saturated heterocycles. The quantitative estimate of drug-likeness (QED) is 0.0179. The lowest BCUT2D eigenvalue weighted by Gasteiger charge is -2.29. The Hall–Kier alpha value is -13.5. The fourth-order valence-corrected chi connectivity index (χ4v) is 18.3. The number of benzene rings is 8. The van der Waals surface area contributed by atoms with Crippen LogP contribution in [-0.4, -0.2) is 229 Å². The van der Waals surface area contributed by atoms with Crippen LogP contribution in [0, 0.1) is 0 Å². The topological polar surface area (TPSA) is 434 Å². The number of fused-ring (bicyclic) bond motifs is 4. The van der Waals surface area contributed by atoms with E-state index < -0.39 is 0 Å². The van der Waals surface area contributed by atoms with Crippen LogP contribution in [0.15, 0.2) is 139 Å². The number of nitrogens with one attached hydrogen (secondary N) is 4. The lowest BCUT2D eigenvalue weighted by Crippen LogP contribution is -2.33. The van der Waals surface area contributed by atoms with Crippen molar-refractivity contribution in [3.05, 3.63) is 211 Å². The number of methoxy groups -OCH3 is 2. The standard InChI is InChI=1S/C28H35N3O5.C27H33N3O5.C26H30FN3O4.C26H31N3O5/c1-5-29-28(34)26-25(27(36-30-26)22-14-21(17(2)3)23(32)15-24(22)33)19-7-8-20-16-31(10-6-12-35-4)11-9-18(20)13-19;1-5-28-27(33)25-24(18-6-7-19-15-30(10-11-34-4)9-8-17(19)12-18)26(35-29-25)21-13-20(16(2)3)22(31)14-23(21)32;1-4-28-26(33)24-23(17-5-6-18-14-30(10-8-27)9-7-16(18)11-17)25(34-29-24)20-12-19(15(2)3)21(31)13-22(20)32;1-4-27-26(33)24-23(17-5-6-18-14-29(9-10-30)8-7-16(18)11-17)25(34-28-24)20-12-19(15(2)3)21(31)13-22(20)32/h7-8,13-15,17,32-33H,5-6,9-12,16H2,1-4H3,(H,29,34);6-7,12-14,16,31-32H,5,8-11,15H2,1-4H3,(H,28,33);5-6,11-13,15,31-32H,4,7-10,14H2,1-3H3,(H,28,33);5-6,11-13,15,30-32H,4,7-10,14H2,1-3H3,(H,27,33). The molecule has 0 bridgehead atoms. The molecule has 0 aliphatic carbocycles. The zero-order valence-electron chi connectivity index (χ0n) is 81.6. The number of hydrogen-bond acceptors (Lipinski definition) is 27. The molecule has 0 saturated carbocycles. The number of aromatic nitrogens is 4. The number of phenols is 8. The van der Waals surface area contributed by atoms with Crippen LogP contribution in [0.5, 0.6) is 46.0 Å². The molecule has 8 aromatic carbocycles. The second-order valence-electron chi connectivity index (χ2n) is 36.5. The van der Waals surface area contributed by atoms with Gasteiger partial charge < -0.3 is 94.8 Å². The molecule has 16 rings (SSSR count). The minimum absolute atomic E-state index is 0.00230. The summed E-state index contributed by atoms with van der Waals surface area (Å²) in [4.78, 5) is 60.5. The summed E-state index contributed by atoms with van der Waals surface area (Å²) in [5.41, 5.74) is 19.4. The van der Waals surface area contributed by atoms with Gasteiger partial charge in [-0.25, -0.2) is 4.39 Å². The first-order chi connectivity index (χ1) is 66.8. The van der Waals surface area contributed by atoms with E-state index in [1.54, 1.807) is 38.5 Å². The molecule has 32 heteroatoms. The Labute approximate surface area is 808 Å². The molecule has 0 fully saturated rings. The maximum Gasteiger partial charge on any atom is 0.274 e. The fourth-order valence-electron chi connectivity index (χ4n) is 18.3. The third-order valence-electron chi connectivity index (χ3n) is 25.6. The molecule has 31 nitrogen and oxygen atoms in total. The SMILES string of the molecule is CCNC(=O)c1noc(-c2cc(C(C)C)c(O)cc2O)c1-c1ccc2c(c1)CCN(CCCOC)C2.CCNC(=O)c1noc(-c2cc(C(C)C)c(O)cc2O)c1-c1ccc2c(c1)CCN(CCF)C2.CCNC(=O)c1noc(-c2cc(C(C)C)c(O)cc2O)c1-c1ccc2c(c1)CCN(CCO)C2.CCNC(=O)c1noc(-c2cc(C(C)C)c(O)cc2O)c1-c1ccc2c(c1)CCN(CCOC)C2. The first-order valence-corrected chi connectivity index (χ1v) is 47.7. The molecule has 4 aliphatic rings. The molecule has 13 N–H and O–H groups in total. The Morgan fingerprint density at radius 2 is 0.597 bits per heavy atom. The van der Waals surface area contributed by atoms with Crippen LogP contribution < -0.4 is 21.3 Å². The van der Waals surface area contributed by atoms with Gasteiger partial charge in [-0.1, -0.05) is 149 Å². The predicted molar refractivity (Wildman–Crippen MR) is 529 cm³/mol. The number of β-amino-alcohol motifs (C(OH)–C–C–N with tert-alkyl or cyclic N) is 1. The van der Waals surface area contributed by atoms with E-state index >= 15 is 0 Å². The van der Waals surface area contributed by atoms with Crippen molar-refractivity contribution in [2.45, 2.75) is 165 Å². The molecular formula is C107H129FN12O19. The summed E-state index contributed by atoms with van der Waals surface area (Å²) in [6.07, 6.45) is 4.37. The number of ether oxygens (including phenoxy) is 2. The van der Waals surface area contributed by atoms with Crippen LogP contribution in [-0.2, 0) is 61.3 Å². The van der Waals surface area contributed by atoms with Crippen molar-refractivity contribution in [2.75, 3.05) is 119 Å². The van der Waals surface area contributed by atoms with E-state index in [0.29, 0.717) is 131 Å². The van der Waals surface area contributed by atoms with E-state index in [9.17, 15) is 69.5 Å². The van der Waals surface area contributed by atoms with Crippen LogP contribution >= 0.6 is 0 Å². The van der Waals surface area contributed by atoms with Crippen LogP contribution in [0.1, 0.15) is 222 Å². The van der Waals surface area contributed by atoms with Crippen molar-refractivity contribution in [3.8, 4) is 136 Å². The number of nitrogens with zero attached hydrogens (tertiary/aromatic N) is 8. The predicted octanol–water partition coefficient (Wildman–Crippen LogP) is 17.2. The Morgan fingerprint density at radius 1 is 0.345 bits per heavy atom. The number of halogens is 1. The fraction of sp³-hybridized carbons (Fsp3) is 0.402. The number of carbonyl (C=O) groups is 4. The van der Waals surface area contributed by atoms with Crippen molar-refractivity contribution in [2.24, 2.45) is 0 Å². The third kappa shape index (κ3) is 23.6. The van der Waals surface area contributed by atoms with Crippen molar-refractivity contribution in [1.82, 2.24) is 61.5 Å². The highest BCUT2D eigenvalue weighted by molar-refractivity contribution is 6.06. The third-order valence-corrected chi connectivity index (χ3v) is 25.6. The molecule has 738 valence electrons. The Kier molecular flexibility index (Phi) is 34.6. The Bertz CT molecular complexity index is 6180. The summed E-state index contributed by atoms with van der Waals surface area (Å²) in [6, 6.07) is 36.2. The van der Waals surface area contributed by atoms with Gasteiger partial charge in [0.15, 0.2) is 45.8 Å². The highest BCUT2D eigenvalue weighted by atomic mass is 19.1. The zero-order valence-corrected chi connectivity index (χ0v) is 81.6. The van der Waals surface area contributed by atoms with Gasteiger partial charge in [-0.15, -0.1) is 0 Å². The number of aliphatic hydroxyl groups is 1. The summed E-state index contributed by atoms with van der Waals surface area (Å²) in [5.74, 6) is -0.802. The molecule has 8 heterocycles. The summed E-state index contributed by atoms with van der Waals surface area (Å²) in [7, 11) is 3.44. The van der Waals surface area contributed by atoms with Crippen LogP contribution in [0.3, 0.4) is 0 Å². The molecule has 4 aromatic heterocycles. The van der Waals surface area contributed by atoms with Gasteiger partial charge in [0.05, 0.1) is 57.7 Å². The van der Waals surface area contributed by atoms with Gasteiger partial charge in [0.2, 0.25) is 0 Å². The first kappa shape index (κ1) is 103. The smallest absolute Gasteiger partial charge is 0.274 e. The number of hydrogen-bond donors (Lipinski definition) is 13. The van der Waals surface area contributed by atoms with Gasteiger partial charge in [0.1, 0.15) is 52.7 Å². The molecule has 0 atom stereocenters. The summed E-state index contributed by atoms with van der Waals surface area (Å²) < 4.78 is 45.9. The summed E-state index contributed by atoms with van der Waals surface area (Å²) in [5, 5.41) is 121. The van der Waals surface area contributed by atoms with Crippen molar-refractivity contribution >= 4 is 23.6 Å². The number of amides is 4. The van der Waals surface area contributed by atoms with E-state index in [1.807, 2.05) is 132 Å². The summed E-state index contributed by atoms with van der Waals surface area (Å²) >= 11 is 0. The molecule has 0 spiro atoms. The van der Waals surface area contributed by atoms with Gasteiger partial charge in [0.25, 0.3) is 23.6 Å².